The number of hydrogen-bond acceptors (Lipinski definition) is 4. The molecule has 1 aliphatic rings. The largest absolute Gasteiger partial charge is 0.481 e. The van der Waals surface area contributed by atoms with Crippen molar-refractivity contribution in [1.29, 1.82) is 0 Å². The highest BCUT2D eigenvalue weighted by Gasteiger charge is 2.36. The number of aryl methyl sites for hydroxylation is 1. The van der Waals surface area contributed by atoms with Crippen LogP contribution in [0.2, 0.25) is 0 Å². The Morgan fingerprint density at radius 2 is 2.10 bits per heavy atom. The maximum Gasteiger partial charge on any atom is 0.305 e. The van der Waals surface area contributed by atoms with E-state index in [2.05, 4.69) is 10.3 Å². The molecule has 0 radical (unpaired) electrons. The monoisotopic (exact) mass is 296 g/mol. The maximum atomic E-state index is 12.4. The molecule has 2 N–H and O–H groups in total. The van der Waals surface area contributed by atoms with Crippen molar-refractivity contribution in [2.45, 2.75) is 57.4 Å². The zero-order valence-electron chi connectivity index (χ0n) is 11.6. The van der Waals surface area contributed by atoms with E-state index in [1.807, 2.05) is 6.92 Å². The van der Waals surface area contributed by atoms with Crippen LogP contribution in [0.5, 0.6) is 0 Å². The highest BCUT2D eigenvalue weighted by Crippen LogP contribution is 2.32. The molecule has 1 saturated carbocycles. The van der Waals surface area contributed by atoms with Gasteiger partial charge in [0.25, 0.3) is 5.91 Å². The number of carbonyl (C=O) groups is 2. The topological polar surface area (TPSA) is 79.3 Å². The molecule has 1 aliphatic carbocycles. The van der Waals surface area contributed by atoms with Crippen LogP contribution in [0.4, 0.5) is 0 Å². The van der Waals surface area contributed by atoms with Crippen LogP contribution in [0.3, 0.4) is 0 Å². The van der Waals surface area contributed by atoms with Gasteiger partial charge in [-0.3, -0.25) is 9.59 Å². The smallest absolute Gasteiger partial charge is 0.305 e. The predicted molar refractivity (Wildman–Crippen MR) is 77.0 cm³/mol. The lowest BCUT2D eigenvalue weighted by atomic mass is 9.79. The molecule has 5 nitrogen and oxygen atoms in total. The number of carboxylic acid groups (broad SMARTS) is 1. The van der Waals surface area contributed by atoms with Crippen molar-refractivity contribution in [3.05, 3.63) is 16.1 Å². The number of aliphatic carboxylic acids is 1. The lowest BCUT2D eigenvalue weighted by Gasteiger charge is -2.36. The molecule has 0 unspecified atom stereocenters. The lowest BCUT2D eigenvalue weighted by molar-refractivity contribution is -0.139. The second-order valence-electron chi connectivity index (χ2n) is 5.35. The summed E-state index contributed by atoms with van der Waals surface area (Å²) in [5.74, 6) is -1.03. The van der Waals surface area contributed by atoms with Crippen LogP contribution in [0.25, 0.3) is 0 Å². The van der Waals surface area contributed by atoms with Crippen molar-refractivity contribution in [3.63, 3.8) is 0 Å². The van der Waals surface area contributed by atoms with Gasteiger partial charge in [0.05, 0.1) is 23.2 Å². The standard InChI is InChI=1S/C14H20N2O3S/c1-2-10-12(20-9-15-10)13(19)16-14(8-11(17)18)6-4-3-5-7-14/h9H,2-8H2,1H3,(H,16,19)(H,17,18). The Labute approximate surface area is 122 Å². The SMILES string of the molecule is CCc1ncsc1C(=O)NC1(CC(=O)O)CCCCC1. The number of nitrogens with zero attached hydrogens (tertiary/aromatic N) is 1. The first-order chi connectivity index (χ1) is 9.56. The van der Waals surface area contributed by atoms with E-state index in [1.165, 1.54) is 11.3 Å². The summed E-state index contributed by atoms with van der Waals surface area (Å²) in [5.41, 5.74) is 1.86. The van der Waals surface area contributed by atoms with Gasteiger partial charge in [-0.1, -0.05) is 26.2 Å². The average Bonchev–Trinajstić information content (AvgIpc) is 2.87. The highest BCUT2D eigenvalue weighted by atomic mass is 32.1. The molecule has 20 heavy (non-hydrogen) atoms. The Kier molecular flexibility index (Phi) is 4.75. The van der Waals surface area contributed by atoms with Crippen LogP contribution >= 0.6 is 11.3 Å². The van der Waals surface area contributed by atoms with Crippen molar-refractivity contribution < 1.29 is 14.7 Å². The molecule has 1 fully saturated rings. The molecule has 110 valence electrons. The molecule has 0 spiro atoms. The fourth-order valence-electron chi connectivity index (χ4n) is 2.87. The summed E-state index contributed by atoms with van der Waals surface area (Å²) in [7, 11) is 0. The Bertz CT molecular complexity index is 492. The van der Waals surface area contributed by atoms with E-state index in [0.717, 1.165) is 37.8 Å². The van der Waals surface area contributed by atoms with E-state index in [4.69, 9.17) is 5.11 Å². The second-order valence-corrected chi connectivity index (χ2v) is 6.20. The first-order valence-electron chi connectivity index (χ1n) is 7.03. The van der Waals surface area contributed by atoms with Gasteiger partial charge in [0.2, 0.25) is 0 Å². The van der Waals surface area contributed by atoms with Crippen LogP contribution < -0.4 is 5.32 Å². The minimum Gasteiger partial charge on any atom is -0.481 e. The summed E-state index contributed by atoms with van der Waals surface area (Å²) in [6.45, 7) is 1.96. The van der Waals surface area contributed by atoms with E-state index in [0.29, 0.717) is 11.3 Å². The first-order valence-corrected chi connectivity index (χ1v) is 7.91. The van der Waals surface area contributed by atoms with Gasteiger partial charge < -0.3 is 10.4 Å². The molecule has 0 aliphatic heterocycles. The first kappa shape index (κ1) is 15.0. The van der Waals surface area contributed by atoms with E-state index in [-0.39, 0.29) is 12.3 Å². The van der Waals surface area contributed by atoms with Crippen LogP contribution in [-0.2, 0) is 11.2 Å². The Hall–Kier alpha value is -1.43. The van der Waals surface area contributed by atoms with Gasteiger partial charge in [-0.15, -0.1) is 11.3 Å². The van der Waals surface area contributed by atoms with Crippen molar-refractivity contribution in [2.75, 3.05) is 0 Å². The molecular formula is C14H20N2O3S. The summed E-state index contributed by atoms with van der Waals surface area (Å²) in [5, 5.41) is 12.1. The number of hydrogen-bond donors (Lipinski definition) is 2. The molecule has 1 aromatic heterocycles. The summed E-state index contributed by atoms with van der Waals surface area (Å²) >= 11 is 1.32. The van der Waals surface area contributed by atoms with Gasteiger partial charge in [0, 0.05) is 0 Å². The molecule has 0 aromatic carbocycles. The Morgan fingerprint density at radius 1 is 1.40 bits per heavy atom. The third-order valence-corrected chi connectivity index (χ3v) is 4.73. The van der Waals surface area contributed by atoms with Gasteiger partial charge in [0.1, 0.15) is 4.88 Å². The molecule has 6 heteroatoms. The van der Waals surface area contributed by atoms with Gasteiger partial charge in [0.15, 0.2) is 0 Å². The number of rotatable bonds is 5. The molecule has 1 heterocycles. The van der Waals surface area contributed by atoms with Gasteiger partial charge in [-0.05, 0) is 19.3 Å². The molecule has 0 atom stereocenters. The summed E-state index contributed by atoms with van der Waals surface area (Å²) < 4.78 is 0. The molecule has 1 amide bonds. The van der Waals surface area contributed by atoms with Crippen LogP contribution in [0.15, 0.2) is 5.51 Å². The number of carbonyl (C=O) groups excluding carboxylic acids is 1. The lowest BCUT2D eigenvalue weighted by Crippen LogP contribution is -2.51. The van der Waals surface area contributed by atoms with E-state index in [1.54, 1.807) is 5.51 Å². The number of thiazole rings is 1. The Balaban J connectivity index is 2.15. The molecular weight excluding hydrogens is 276 g/mol. The highest BCUT2D eigenvalue weighted by molar-refractivity contribution is 7.11. The average molecular weight is 296 g/mol. The normalized spacial score (nSPS) is 17.6. The van der Waals surface area contributed by atoms with E-state index >= 15 is 0 Å². The summed E-state index contributed by atoms with van der Waals surface area (Å²) in [6, 6.07) is 0. The van der Waals surface area contributed by atoms with Crippen LogP contribution in [0, 0.1) is 0 Å². The van der Waals surface area contributed by atoms with Crippen LogP contribution in [-0.4, -0.2) is 27.5 Å². The minimum absolute atomic E-state index is 0.000990. The molecule has 2 rings (SSSR count). The van der Waals surface area contributed by atoms with Gasteiger partial charge >= 0.3 is 5.97 Å². The number of carboxylic acids is 1. The fraction of sp³-hybridized carbons (Fsp3) is 0.643. The van der Waals surface area contributed by atoms with E-state index in [9.17, 15) is 9.59 Å². The van der Waals surface area contributed by atoms with Crippen molar-refractivity contribution in [2.24, 2.45) is 0 Å². The summed E-state index contributed by atoms with van der Waals surface area (Å²) in [6.07, 6.45) is 5.24. The number of amides is 1. The van der Waals surface area contributed by atoms with Crippen molar-refractivity contribution >= 4 is 23.2 Å². The van der Waals surface area contributed by atoms with Crippen molar-refractivity contribution in [1.82, 2.24) is 10.3 Å². The fourth-order valence-corrected chi connectivity index (χ4v) is 3.64. The molecule has 1 aromatic rings. The summed E-state index contributed by atoms with van der Waals surface area (Å²) in [4.78, 5) is 28.3. The Morgan fingerprint density at radius 3 is 2.70 bits per heavy atom. The van der Waals surface area contributed by atoms with Crippen LogP contribution in [0.1, 0.15) is 60.8 Å². The zero-order chi connectivity index (χ0) is 14.6. The van der Waals surface area contributed by atoms with Gasteiger partial charge in [-0.2, -0.15) is 0 Å². The predicted octanol–water partition coefficient (Wildman–Crippen LogP) is 2.61. The third-order valence-electron chi connectivity index (χ3n) is 3.86. The maximum absolute atomic E-state index is 12.4. The van der Waals surface area contributed by atoms with Crippen molar-refractivity contribution in [3.8, 4) is 0 Å². The second kappa shape index (κ2) is 6.35. The quantitative estimate of drug-likeness (QED) is 0.875. The molecule has 0 saturated heterocycles. The zero-order valence-corrected chi connectivity index (χ0v) is 12.5. The minimum atomic E-state index is -0.854. The number of nitrogens with one attached hydrogen (secondary N) is 1. The number of aromatic nitrogens is 1. The molecule has 0 bridgehead atoms. The van der Waals surface area contributed by atoms with Gasteiger partial charge in [-0.25, -0.2) is 4.98 Å². The van der Waals surface area contributed by atoms with E-state index < -0.39 is 11.5 Å². The third kappa shape index (κ3) is 3.36.